The lowest BCUT2D eigenvalue weighted by atomic mass is 10.1. The van der Waals surface area contributed by atoms with Gasteiger partial charge in [0.2, 0.25) is 5.43 Å². The number of hydrogen-bond donors (Lipinski definition) is 1. The molecule has 0 unspecified atom stereocenters. The van der Waals surface area contributed by atoms with Crippen LogP contribution in [0.5, 0.6) is 0 Å². The van der Waals surface area contributed by atoms with Crippen molar-refractivity contribution in [2.24, 2.45) is 5.92 Å². The van der Waals surface area contributed by atoms with Gasteiger partial charge in [0.05, 0.1) is 12.5 Å². The lowest BCUT2D eigenvalue weighted by Gasteiger charge is -2.21. The van der Waals surface area contributed by atoms with Gasteiger partial charge in [-0.05, 0) is 37.8 Å². The molecule has 23 heavy (non-hydrogen) atoms. The average molecular weight is 309 g/mol. The Hall–Kier alpha value is -2.61. The third-order valence-corrected chi connectivity index (χ3v) is 4.22. The van der Waals surface area contributed by atoms with E-state index in [9.17, 15) is 9.59 Å². The van der Waals surface area contributed by atoms with Crippen molar-refractivity contribution < 1.29 is 4.79 Å². The summed E-state index contributed by atoms with van der Waals surface area (Å²) < 4.78 is 0. The number of H-pyrrole nitrogens is 1. The van der Waals surface area contributed by atoms with Crippen molar-refractivity contribution in [2.75, 3.05) is 13.1 Å². The number of nitriles is 1. The van der Waals surface area contributed by atoms with Crippen molar-refractivity contribution >= 4 is 16.8 Å². The first kappa shape index (κ1) is 15.3. The van der Waals surface area contributed by atoms with Gasteiger partial charge < -0.3 is 9.88 Å². The molecular weight excluding hydrogens is 290 g/mol. The highest BCUT2D eigenvalue weighted by Gasteiger charge is 2.28. The summed E-state index contributed by atoms with van der Waals surface area (Å²) in [6.07, 6.45) is 4.00. The summed E-state index contributed by atoms with van der Waals surface area (Å²) in [5.41, 5.74) is 1.61. The van der Waals surface area contributed by atoms with E-state index < -0.39 is 0 Å². The molecule has 118 valence electrons. The molecule has 1 aliphatic rings. The Morgan fingerprint density at radius 1 is 1.43 bits per heavy atom. The molecule has 0 saturated heterocycles. The first-order chi connectivity index (χ1) is 11.1. The largest absolute Gasteiger partial charge is 0.360 e. The van der Waals surface area contributed by atoms with E-state index >= 15 is 0 Å². The van der Waals surface area contributed by atoms with Crippen LogP contribution >= 0.6 is 0 Å². The fourth-order valence-electron chi connectivity index (χ4n) is 2.73. The van der Waals surface area contributed by atoms with E-state index in [1.54, 1.807) is 11.0 Å². The third kappa shape index (κ3) is 3.26. The molecule has 1 aromatic heterocycles. The zero-order valence-electron chi connectivity index (χ0n) is 13.1. The zero-order valence-corrected chi connectivity index (χ0v) is 13.1. The van der Waals surface area contributed by atoms with Crippen LogP contribution < -0.4 is 5.43 Å². The number of amides is 1. The number of carbonyl (C=O) groups excluding carboxylic acids is 1. The van der Waals surface area contributed by atoms with Crippen LogP contribution in [0.15, 0.2) is 29.2 Å². The summed E-state index contributed by atoms with van der Waals surface area (Å²) in [6, 6.07) is 7.64. The number of aromatic nitrogens is 1. The van der Waals surface area contributed by atoms with Gasteiger partial charge in [-0.3, -0.25) is 9.59 Å². The molecule has 5 heteroatoms. The molecule has 1 saturated carbocycles. The molecule has 1 fully saturated rings. The van der Waals surface area contributed by atoms with Crippen molar-refractivity contribution in [2.45, 2.75) is 26.2 Å². The second kappa shape index (κ2) is 6.25. The van der Waals surface area contributed by atoms with Gasteiger partial charge in [0, 0.05) is 30.2 Å². The SMILES string of the molecule is Cc1ccc2[nH]cc(C(=O)N(CCC#N)CC3CC3)c(=O)c2c1. The van der Waals surface area contributed by atoms with Crippen LogP contribution in [-0.2, 0) is 0 Å². The Kier molecular flexibility index (Phi) is 4.16. The van der Waals surface area contributed by atoms with Crippen LogP contribution in [0.25, 0.3) is 10.9 Å². The molecule has 0 spiro atoms. The van der Waals surface area contributed by atoms with E-state index in [0.717, 1.165) is 23.9 Å². The Labute approximate surface area is 134 Å². The van der Waals surface area contributed by atoms with Crippen LogP contribution in [-0.4, -0.2) is 28.9 Å². The summed E-state index contributed by atoms with van der Waals surface area (Å²) in [5, 5.41) is 9.32. The molecule has 0 radical (unpaired) electrons. The molecule has 1 aromatic carbocycles. The van der Waals surface area contributed by atoms with E-state index in [4.69, 9.17) is 5.26 Å². The second-order valence-corrected chi connectivity index (χ2v) is 6.18. The number of aryl methyl sites for hydroxylation is 1. The van der Waals surface area contributed by atoms with Crippen molar-refractivity contribution in [3.8, 4) is 6.07 Å². The molecule has 0 aliphatic heterocycles. The maximum atomic E-state index is 12.8. The number of aromatic amines is 1. The predicted octanol–water partition coefficient (Wildman–Crippen LogP) is 2.60. The summed E-state index contributed by atoms with van der Waals surface area (Å²) in [4.78, 5) is 30.1. The molecule has 0 atom stereocenters. The van der Waals surface area contributed by atoms with E-state index in [-0.39, 0.29) is 23.3 Å². The molecule has 1 aliphatic carbocycles. The van der Waals surface area contributed by atoms with Gasteiger partial charge >= 0.3 is 0 Å². The summed E-state index contributed by atoms with van der Waals surface area (Å²) in [7, 11) is 0. The van der Waals surface area contributed by atoms with Crippen LogP contribution in [0, 0.1) is 24.2 Å². The molecule has 5 nitrogen and oxygen atoms in total. The highest BCUT2D eigenvalue weighted by Crippen LogP contribution is 2.30. The number of nitrogens with one attached hydrogen (secondary N) is 1. The van der Waals surface area contributed by atoms with Crippen LogP contribution in [0.3, 0.4) is 0 Å². The Morgan fingerprint density at radius 3 is 2.91 bits per heavy atom. The van der Waals surface area contributed by atoms with Crippen LogP contribution in [0.1, 0.15) is 35.2 Å². The number of pyridine rings is 1. The van der Waals surface area contributed by atoms with Gasteiger partial charge in [0.25, 0.3) is 5.91 Å². The van der Waals surface area contributed by atoms with E-state index in [2.05, 4.69) is 11.1 Å². The minimum Gasteiger partial charge on any atom is -0.360 e. The molecule has 0 bridgehead atoms. The van der Waals surface area contributed by atoms with Gasteiger partial charge in [-0.25, -0.2) is 0 Å². The van der Waals surface area contributed by atoms with Gasteiger partial charge in [0.15, 0.2) is 0 Å². The molecule has 2 aromatic rings. The maximum absolute atomic E-state index is 12.8. The van der Waals surface area contributed by atoms with Crippen molar-refractivity contribution in [3.63, 3.8) is 0 Å². The monoisotopic (exact) mass is 309 g/mol. The topological polar surface area (TPSA) is 77.0 Å². The van der Waals surface area contributed by atoms with Crippen molar-refractivity contribution in [1.82, 2.24) is 9.88 Å². The zero-order chi connectivity index (χ0) is 16.4. The lowest BCUT2D eigenvalue weighted by Crippen LogP contribution is -2.36. The molecule has 1 heterocycles. The highest BCUT2D eigenvalue weighted by molar-refractivity contribution is 5.97. The number of fused-ring (bicyclic) bond motifs is 1. The lowest BCUT2D eigenvalue weighted by molar-refractivity contribution is 0.0750. The second-order valence-electron chi connectivity index (χ2n) is 6.18. The average Bonchev–Trinajstić information content (AvgIpc) is 3.36. The number of carbonyl (C=O) groups is 1. The Morgan fingerprint density at radius 2 is 2.22 bits per heavy atom. The molecule has 1 N–H and O–H groups in total. The van der Waals surface area contributed by atoms with Gasteiger partial charge in [-0.15, -0.1) is 0 Å². The standard InChI is InChI=1S/C18H19N3O2/c1-12-3-6-16-14(9-12)17(22)15(10-20-16)18(23)21(8-2-7-19)11-13-4-5-13/h3,6,9-10,13H,2,4-5,8,11H2,1H3,(H,20,22). The van der Waals surface area contributed by atoms with Gasteiger partial charge in [-0.1, -0.05) is 11.6 Å². The normalized spacial score (nSPS) is 13.7. The van der Waals surface area contributed by atoms with Gasteiger partial charge in [0.1, 0.15) is 5.56 Å². The highest BCUT2D eigenvalue weighted by atomic mass is 16.2. The molecule has 1 amide bonds. The predicted molar refractivity (Wildman–Crippen MR) is 88.2 cm³/mol. The van der Waals surface area contributed by atoms with E-state index in [1.807, 2.05) is 19.1 Å². The number of rotatable bonds is 5. The maximum Gasteiger partial charge on any atom is 0.259 e. The molecular formula is C18H19N3O2. The van der Waals surface area contributed by atoms with Crippen LogP contribution in [0.2, 0.25) is 0 Å². The minimum absolute atomic E-state index is 0.154. The Balaban J connectivity index is 1.96. The van der Waals surface area contributed by atoms with Gasteiger partial charge in [-0.2, -0.15) is 5.26 Å². The summed E-state index contributed by atoms with van der Waals surface area (Å²) in [6.45, 7) is 2.92. The quantitative estimate of drug-likeness (QED) is 0.922. The fraction of sp³-hybridized carbons (Fsp3) is 0.389. The van der Waals surface area contributed by atoms with Crippen molar-refractivity contribution in [3.05, 3.63) is 45.7 Å². The molecule has 3 rings (SSSR count). The Bertz CT molecular complexity index is 843. The van der Waals surface area contributed by atoms with Crippen molar-refractivity contribution in [1.29, 1.82) is 5.26 Å². The van der Waals surface area contributed by atoms with E-state index in [0.29, 0.717) is 24.4 Å². The number of benzene rings is 1. The smallest absolute Gasteiger partial charge is 0.259 e. The first-order valence-electron chi connectivity index (χ1n) is 7.88. The number of nitrogens with zero attached hydrogens (tertiary/aromatic N) is 2. The summed E-state index contributed by atoms with van der Waals surface area (Å²) in [5.74, 6) is 0.233. The first-order valence-corrected chi connectivity index (χ1v) is 7.88. The fourth-order valence-corrected chi connectivity index (χ4v) is 2.73. The van der Waals surface area contributed by atoms with Crippen LogP contribution in [0.4, 0.5) is 0 Å². The van der Waals surface area contributed by atoms with E-state index in [1.165, 1.54) is 6.20 Å². The summed E-state index contributed by atoms with van der Waals surface area (Å²) >= 11 is 0. The minimum atomic E-state index is -0.281. The third-order valence-electron chi connectivity index (χ3n) is 4.22. The number of hydrogen-bond acceptors (Lipinski definition) is 3.